The molecule has 1 aromatic carbocycles. The zero-order valence-corrected chi connectivity index (χ0v) is 7.52. The first-order valence-electron chi connectivity index (χ1n) is 3.50. The molecule has 0 fully saturated rings. The van der Waals surface area contributed by atoms with Gasteiger partial charge < -0.3 is 10.4 Å². The average Bonchev–Trinajstić information content (AvgIpc) is 1.94. The zero-order valence-electron chi connectivity index (χ0n) is 6.76. The Morgan fingerprint density at radius 2 is 2.25 bits per heavy atom. The Balaban J connectivity index is 2.93. The summed E-state index contributed by atoms with van der Waals surface area (Å²) >= 11 is 5.74. The molecule has 0 aliphatic carbocycles. The summed E-state index contributed by atoms with van der Waals surface area (Å²) in [5, 5.41) is 12.2. The number of aliphatic hydroxyl groups excluding tert-OH is 1. The lowest BCUT2D eigenvalue weighted by atomic mass is 10.2. The van der Waals surface area contributed by atoms with Crippen LogP contribution in [0.3, 0.4) is 0 Å². The first-order valence-corrected chi connectivity index (χ1v) is 3.88. The van der Waals surface area contributed by atoms with Crippen LogP contribution in [-0.4, -0.2) is 5.11 Å². The Labute approximate surface area is 76.5 Å². The first-order chi connectivity index (χ1) is 5.59. The minimum absolute atomic E-state index is 0.0691. The number of rotatable bonds is 2. The van der Waals surface area contributed by atoms with Gasteiger partial charge in [-0.2, -0.15) is 0 Å². The maximum Gasteiger partial charge on any atom is 0.181 e. The van der Waals surface area contributed by atoms with Crippen molar-refractivity contribution in [3.63, 3.8) is 0 Å². The summed E-state index contributed by atoms with van der Waals surface area (Å²) in [6.07, 6.45) is 0. The van der Waals surface area contributed by atoms with Crippen LogP contribution < -0.4 is 5.32 Å². The Kier molecular flexibility index (Phi) is 2.61. The third kappa shape index (κ3) is 2.17. The van der Waals surface area contributed by atoms with Gasteiger partial charge in [-0.25, -0.2) is 0 Å². The highest BCUT2D eigenvalue weighted by Gasteiger charge is 1.98. The maximum absolute atomic E-state index is 8.86. The summed E-state index contributed by atoms with van der Waals surface area (Å²) in [4.78, 5) is 0. The summed E-state index contributed by atoms with van der Waals surface area (Å²) in [5.41, 5.74) is 1.78. The molecule has 0 unspecified atom stereocenters. The van der Waals surface area contributed by atoms with Crippen LogP contribution in [0.2, 0.25) is 5.02 Å². The van der Waals surface area contributed by atoms with Crippen LogP contribution in [0.1, 0.15) is 5.56 Å². The van der Waals surface area contributed by atoms with Crippen LogP contribution >= 0.6 is 11.6 Å². The van der Waals surface area contributed by atoms with Crippen molar-refractivity contribution >= 4 is 17.3 Å². The number of hydrogen-bond acceptors (Lipinski definition) is 2. The van der Waals surface area contributed by atoms with E-state index in [1.54, 1.807) is 12.1 Å². The highest BCUT2D eigenvalue weighted by Crippen LogP contribution is 2.19. The summed E-state index contributed by atoms with van der Waals surface area (Å²) in [6.45, 7) is 5.23. The quantitative estimate of drug-likeness (QED) is 0.691. The first kappa shape index (κ1) is 8.94. The standard InChI is InChI=1S/C9H10ClNO/c1-6-5-8(10)3-4-9(6)11-7(2)12/h3-5,11-12H,2H2,1H3. The predicted octanol–water partition coefficient (Wildman–Crippen LogP) is 3.09. The highest BCUT2D eigenvalue weighted by molar-refractivity contribution is 6.30. The Morgan fingerprint density at radius 1 is 1.58 bits per heavy atom. The van der Waals surface area contributed by atoms with Crippen molar-refractivity contribution in [1.29, 1.82) is 0 Å². The molecule has 0 saturated heterocycles. The number of nitrogens with one attached hydrogen (secondary N) is 1. The second kappa shape index (κ2) is 3.50. The van der Waals surface area contributed by atoms with Gasteiger partial charge in [0.05, 0.1) is 0 Å². The third-order valence-corrected chi connectivity index (χ3v) is 1.70. The molecule has 0 aliphatic heterocycles. The van der Waals surface area contributed by atoms with Crippen molar-refractivity contribution in [2.45, 2.75) is 6.92 Å². The number of aliphatic hydroxyl groups is 1. The number of anilines is 1. The van der Waals surface area contributed by atoms with Crippen molar-refractivity contribution in [3.05, 3.63) is 41.2 Å². The smallest absolute Gasteiger partial charge is 0.181 e. The van der Waals surface area contributed by atoms with Gasteiger partial charge in [0.1, 0.15) is 0 Å². The van der Waals surface area contributed by atoms with Gasteiger partial charge >= 0.3 is 0 Å². The van der Waals surface area contributed by atoms with E-state index in [4.69, 9.17) is 16.7 Å². The van der Waals surface area contributed by atoms with Gasteiger partial charge in [0.2, 0.25) is 0 Å². The largest absolute Gasteiger partial charge is 0.495 e. The molecule has 0 amide bonds. The molecule has 0 atom stereocenters. The molecule has 0 radical (unpaired) electrons. The van der Waals surface area contributed by atoms with Crippen molar-refractivity contribution in [2.75, 3.05) is 5.32 Å². The van der Waals surface area contributed by atoms with Crippen molar-refractivity contribution in [2.24, 2.45) is 0 Å². The molecule has 0 bridgehead atoms. The van der Waals surface area contributed by atoms with Crippen LogP contribution in [-0.2, 0) is 0 Å². The van der Waals surface area contributed by atoms with Gasteiger partial charge in [-0.1, -0.05) is 11.6 Å². The number of aryl methyl sites for hydroxylation is 1. The normalized spacial score (nSPS) is 9.50. The van der Waals surface area contributed by atoms with Crippen molar-refractivity contribution < 1.29 is 5.11 Å². The summed E-state index contributed by atoms with van der Waals surface area (Å²) < 4.78 is 0. The van der Waals surface area contributed by atoms with E-state index in [0.717, 1.165) is 11.3 Å². The lowest BCUT2D eigenvalue weighted by Crippen LogP contribution is -1.97. The molecular formula is C9H10ClNO. The maximum atomic E-state index is 8.86. The molecular weight excluding hydrogens is 174 g/mol. The summed E-state index contributed by atoms with van der Waals surface area (Å²) in [6, 6.07) is 5.35. The second-order valence-corrected chi connectivity index (χ2v) is 2.97. The van der Waals surface area contributed by atoms with E-state index in [1.165, 1.54) is 0 Å². The van der Waals surface area contributed by atoms with Gasteiger partial charge in [-0.3, -0.25) is 0 Å². The zero-order chi connectivity index (χ0) is 9.14. The fourth-order valence-electron chi connectivity index (χ4n) is 0.923. The molecule has 0 aliphatic rings. The van der Waals surface area contributed by atoms with Gasteiger partial charge in [-0.15, -0.1) is 0 Å². The Morgan fingerprint density at radius 3 is 2.75 bits per heavy atom. The van der Waals surface area contributed by atoms with Crippen molar-refractivity contribution in [1.82, 2.24) is 0 Å². The highest BCUT2D eigenvalue weighted by atomic mass is 35.5. The van der Waals surface area contributed by atoms with E-state index in [1.807, 2.05) is 13.0 Å². The minimum atomic E-state index is -0.0691. The SMILES string of the molecule is C=C(O)Nc1ccc(Cl)cc1C. The van der Waals surface area contributed by atoms with Gasteiger partial charge in [0.25, 0.3) is 0 Å². The van der Waals surface area contributed by atoms with Crippen LogP contribution in [0.4, 0.5) is 5.69 Å². The summed E-state index contributed by atoms with van der Waals surface area (Å²) in [5.74, 6) is -0.0691. The topological polar surface area (TPSA) is 32.3 Å². The van der Waals surface area contributed by atoms with E-state index >= 15 is 0 Å². The van der Waals surface area contributed by atoms with E-state index in [-0.39, 0.29) is 5.88 Å². The van der Waals surface area contributed by atoms with Gasteiger partial charge in [0.15, 0.2) is 5.88 Å². The number of hydrogen-bond donors (Lipinski definition) is 2. The minimum Gasteiger partial charge on any atom is -0.495 e. The van der Waals surface area contributed by atoms with Gasteiger partial charge in [0, 0.05) is 10.7 Å². The molecule has 1 aromatic rings. The fourth-order valence-corrected chi connectivity index (χ4v) is 1.15. The monoisotopic (exact) mass is 183 g/mol. The molecule has 2 nitrogen and oxygen atoms in total. The Hall–Kier alpha value is -1.15. The molecule has 0 aromatic heterocycles. The fraction of sp³-hybridized carbons (Fsp3) is 0.111. The summed E-state index contributed by atoms with van der Waals surface area (Å²) in [7, 11) is 0. The van der Waals surface area contributed by atoms with Crippen LogP contribution in [0, 0.1) is 6.92 Å². The van der Waals surface area contributed by atoms with E-state index in [0.29, 0.717) is 5.02 Å². The predicted molar refractivity (Wildman–Crippen MR) is 51.6 cm³/mol. The van der Waals surface area contributed by atoms with Gasteiger partial charge in [-0.05, 0) is 37.3 Å². The average molecular weight is 184 g/mol. The van der Waals surface area contributed by atoms with E-state index in [9.17, 15) is 0 Å². The molecule has 12 heavy (non-hydrogen) atoms. The molecule has 0 spiro atoms. The number of benzene rings is 1. The van der Waals surface area contributed by atoms with Crippen molar-refractivity contribution in [3.8, 4) is 0 Å². The third-order valence-electron chi connectivity index (χ3n) is 1.47. The Bertz CT molecular complexity index is 309. The lowest BCUT2D eigenvalue weighted by molar-refractivity contribution is 0.422. The van der Waals surface area contributed by atoms with Crippen LogP contribution in [0.25, 0.3) is 0 Å². The molecule has 2 N–H and O–H groups in total. The molecule has 1 rings (SSSR count). The molecule has 0 heterocycles. The molecule has 64 valence electrons. The molecule has 0 saturated carbocycles. The number of halogens is 1. The second-order valence-electron chi connectivity index (χ2n) is 2.53. The van der Waals surface area contributed by atoms with E-state index < -0.39 is 0 Å². The lowest BCUT2D eigenvalue weighted by Gasteiger charge is -2.07. The van der Waals surface area contributed by atoms with Crippen LogP contribution in [0.5, 0.6) is 0 Å². The van der Waals surface area contributed by atoms with E-state index in [2.05, 4.69) is 11.9 Å². The van der Waals surface area contributed by atoms with Crippen LogP contribution in [0.15, 0.2) is 30.7 Å². The molecule has 3 heteroatoms.